The summed E-state index contributed by atoms with van der Waals surface area (Å²) in [6.45, 7) is 0. The molecule has 2 heterocycles. The molecule has 1 N–H and O–H groups in total. The highest BCUT2D eigenvalue weighted by atomic mass is 35.5. The number of hydrogen-bond acceptors (Lipinski definition) is 6. The number of hydrogen-bond donors (Lipinski definition) is 1. The summed E-state index contributed by atoms with van der Waals surface area (Å²) in [5.41, 5.74) is 2.71. The fraction of sp³-hybridized carbons (Fsp3) is 0.0952. The first kappa shape index (κ1) is 18.8. The zero-order chi connectivity index (χ0) is 20.4. The van der Waals surface area contributed by atoms with Crippen molar-refractivity contribution in [1.82, 2.24) is 9.97 Å². The first-order chi connectivity index (χ1) is 14.1. The fourth-order valence-electron chi connectivity index (χ4n) is 2.80. The van der Waals surface area contributed by atoms with Crippen LogP contribution in [0.2, 0.25) is 5.02 Å². The molecule has 0 bridgehead atoms. The van der Waals surface area contributed by atoms with Crippen LogP contribution in [0.3, 0.4) is 0 Å². The maximum absolute atomic E-state index is 12.7. The third kappa shape index (κ3) is 3.86. The highest BCUT2D eigenvalue weighted by Gasteiger charge is 2.15. The third-order valence-electron chi connectivity index (χ3n) is 4.26. The number of amides is 1. The molecule has 0 radical (unpaired) electrons. The highest BCUT2D eigenvalue weighted by molar-refractivity contribution is 6.33. The van der Waals surface area contributed by atoms with Gasteiger partial charge >= 0.3 is 0 Å². The van der Waals surface area contributed by atoms with Crippen molar-refractivity contribution in [3.05, 3.63) is 65.4 Å². The van der Waals surface area contributed by atoms with Crippen molar-refractivity contribution < 1.29 is 18.7 Å². The molecule has 0 aliphatic rings. The third-order valence-corrected chi connectivity index (χ3v) is 4.59. The number of carbonyl (C=O) groups is 1. The predicted octanol–water partition coefficient (Wildman–Crippen LogP) is 4.81. The second-order valence-corrected chi connectivity index (χ2v) is 6.52. The Morgan fingerprint density at radius 2 is 1.83 bits per heavy atom. The molecular weight excluding hydrogens is 394 g/mol. The lowest BCUT2D eigenvalue weighted by Gasteiger charge is -2.10. The quantitative estimate of drug-likeness (QED) is 0.509. The Hall–Kier alpha value is -3.58. The number of rotatable bonds is 5. The molecule has 0 saturated carbocycles. The van der Waals surface area contributed by atoms with E-state index in [9.17, 15) is 4.79 Å². The van der Waals surface area contributed by atoms with Crippen LogP contribution in [0.15, 0.2) is 59.3 Å². The molecule has 0 aliphatic carbocycles. The van der Waals surface area contributed by atoms with Gasteiger partial charge in [0.2, 0.25) is 5.89 Å². The van der Waals surface area contributed by atoms with Crippen LogP contribution in [-0.4, -0.2) is 30.1 Å². The number of ether oxygens (including phenoxy) is 2. The van der Waals surface area contributed by atoms with Gasteiger partial charge in [0.05, 0.1) is 31.0 Å². The second kappa shape index (κ2) is 7.81. The Bertz CT molecular complexity index is 1150. The summed E-state index contributed by atoms with van der Waals surface area (Å²) in [4.78, 5) is 21.2. The van der Waals surface area contributed by atoms with E-state index in [1.54, 1.807) is 54.9 Å². The van der Waals surface area contributed by atoms with E-state index in [-0.39, 0.29) is 5.91 Å². The van der Waals surface area contributed by atoms with Crippen LogP contribution in [0.5, 0.6) is 11.5 Å². The molecule has 4 rings (SSSR count). The van der Waals surface area contributed by atoms with Crippen molar-refractivity contribution in [3.63, 3.8) is 0 Å². The van der Waals surface area contributed by atoms with Gasteiger partial charge in [0, 0.05) is 29.6 Å². The largest absolute Gasteiger partial charge is 0.497 e. The van der Waals surface area contributed by atoms with Gasteiger partial charge in [-0.15, -0.1) is 0 Å². The van der Waals surface area contributed by atoms with Crippen molar-refractivity contribution in [2.45, 2.75) is 0 Å². The number of nitrogens with zero attached hydrogens (tertiary/aromatic N) is 2. The van der Waals surface area contributed by atoms with E-state index in [0.717, 1.165) is 0 Å². The van der Waals surface area contributed by atoms with Crippen LogP contribution >= 0.6 is 11.6 Å². The molecule has 0 aliphatic heterocycles. The Labute approximate surface area is 171 Å². The summed E-state index contributed by atoms with van der Waals surface area (Å²) < 4.78 is 16.2. The Kier molecular flexibility index (Phi) is 5.05. The van der Waals surface area contributed by atoms with Crippen molar-refractivity contribution >= 4 is 34.3 Å². The van der Waals surface area contributed by atoms with Crippen molar-refractivity contribution in [2.24, 2.45) is 0 Å². The van der Waals surface area contributed by atoms with Crippen molar-refractivity contribution in [2.75, 3.05) is 19.5 Å². The highest BCUT2D eigenvalue weighted by Crippen LogP contribution is 2.32. The number of methoxy groups -OCH3 is 2. The standard InChI is InChI=1S/C21H16ClN3O4/c1-27-14-7-12(8-15(10-14)28-2)20(26)24-13-3-4-17(22)16(9-13)21-25-18-11-23-6-5-19(18)29-21/h3-11H,1-2H3,(H,24,26). The van der Waals surface area contributed by atoms with Crippen LogP contribution in [0.25, 0.3) is 22.6 Å². The van der Waals surface area contributed by atoms with Gasteiger partial charge in [-0.25, -0.2) is 4.98 Å². The summed E-state index contributed by atoms with van der Waals surface area (Å²) in [7, 11) is 3.05. The maximum atomic E-state index is 12.7. The van der Waals surface area contributed by atoms with Gasteiger partial charge in [-0.05, 0) is 30.3 Å². The predicted molar refractivity (Wildman–Crippen MR) is 110 cm³/mol. The summed E-state index contributed by atoms with van der Waals surface area (Å²) in [5, 5.41) is 3.29. The van der Waals surface area contributed by atoms with Crippen molar-refractivity contribution in [1.29, 1.82) is 0 Å². The molecule has 2 aromatic heterocycles. The zero-order valence-electron chi connectivity index (χ0n) is 15.6. The first-order valence-electron chi connectivity index (χ1n) is 8.62. The first-order valence-corrected chi connectivity index (χ1v) is 9.00. The van der Waals surface area contributed by atoms with E-state index >= 15 is 0 Å². The fourth-order valence-corrected chi connectivity index (χ4v) is 3.00. The van der Waals surface area contributed by atoms with Crippen LogP contribution in [0, 0.1) is 0 Å². The van der Waals surface area contributed by atoms with Crippen LogP contribution in [0.4, 0.5) is 5.69 Å². The molecule has 4 aromatic rings. The molecule has 7 nitrogen and oxygen atoms in total. The van der Waals surface area contributed by atoms with E-state index in [1.807, 2.05) is 0 Å². The Morgan fingerprint density at radius 1 is 1.07 bits per heavy atom. The second-order valence-electron chi connectivity index (χ2n) is 6.11. The van der Waals surface area contributed by atoms with Gasteiger partial charge < -0.3 is 19.2 Å². The maximum Gasteiger partial charge on any atom is 0.255 e. The molecule has 0 fully saturated rings. The van der Waals surface area contributed by atoms with Gasteiger partial charge in [-0.1, -0.05) is 11.6 Å². The number of pyridine rings is 1. The van der Waals surface area contributed by atoms with E-state index in [1.165, 1.54) is 14.2 Å². The molecule has 0 unspecified atom stereocenters. The van der Waals surface area contributed by atoms with E-state index in [4.69, 9.17) is 25.5 Å². The van der Waals surface area contributed by atoms with Gasteiger partial charge in [-0.2, -0.15) is 0 Å². The zero-order valence-corrected chi connectivity index (χ0v) is 16.4. The molecule has 1 amide bonds. The molecule has 8 heteroatoms. The van der Waals surface area contributed by atoms with Crippen LogP contribution in [-0.2, 0) is 0 Å². The minimum atomic E-state index is -0.322. The lowest BCUT2D eigenvalue weighted by atomic mass is 10.1. The number of aromatic nitrogens is 2. The van der Waals surface area contributed by atoms with Crippen LogP contribution in [0.1, 0.15) is 10.4 Å². The normalized spacial score (nSPS) is 10.7. The molecule has 146 valence electrons. The lowest BCUT2D eigenvalue weighted by molar-refractivity contribution is 0.102. The molecule has 0 saturated heterocycles. The lowest BCUT2D eigenvalue weighted by Crippen LogP contribution is -2.12. The number of carbonyl (C=O) groups excluding carboxylic acids is 1. The Balaban J connectivity index is 1.65. The number of halogens is 1. The number of fused-ring (bicyclic) bond motifs is 1. The average Bonchev–Trinajstić information content (AvgIpc) is 3.18. The monoisotopic (exact) mass is 409 g/mol. The number of anilines is 1. The summed E-state index contributed by atoms with van der Waals surface area (Å²) in [6, 6.07) is 11.7. The van der Waals surface area contributed by atoms with Gasteiger partial charge in [0.25, 0.3) is 5.91 Å². The molecular formula is C21H16ClN3O4. The molecule has 2 aromatic carbocycles. The summed E-state index contributed by atoms with van der Waals surface area (Å²) in [6.07, 6.45) is 3.23. The van der Waals surface area contributed by atoms with E-state index in [0.29, 0.717) is 50.3 Å². The van der Waals surface area contributed by atoms with Crippen LogP contribution < -0.4 is 14.8 Å². The summed E-state index contributed by atoms with van der Waals surface area (Å²) >= 11 is 6.33. The number of nitrogens with one attached hydrogen (secondary N) is 1. The van der Waals surface area contributed by atoms with Crippen molar-refractivity contribution in [3.8, 4) is 23.0 Å². The van der Waals surface area contributed by atoms with Gasteiger partial charge in [0.1, 0.15) is 17.0 Å². The van der Waals surface area contributed by atoms with Gasteiger partial charge in [0.15, 0.2) is 5.58 Å². The topological polar surface area (TPSA) is 86.5 Å². The number of oxazole rings is 1. The smallest absolute Gasteiger partial charge is 0.255 e. The minimum absolute atomic E-state index is 0.322. The minimum Gasteiger partial charge on any atom is -0.497 e. The summed E-state index contributed by atoms with van der Waals surface area (Å²) in [5.74, 6) is 1.06. The molecule has 29 heavy (non-hydrogen) atoms. The van der Waals surface area contributed by atoms with E-state index < -0.39 is 0 Å². The molecule has 0 atom stereocenters. The molecule has 0 spiro atoms. The SMILES string of the molecule is COc1cc(OC)cc(C(=O)Nc2ccc(Cl)c(-c3nc4cnccc4o3)c2)c1. The van der Waals surface area contributed by atoms with Gasteiger partial charge in [-0.3, -0.25) is 9.78 Å². The van der Waals surface area contributed by atoms with E-state index in [2.05, 4.69) is 15.3 Å². The Morgan fingerprint density at radius 3 is 2.52 bits per heavy atom. The number of benzene rings is 2. The average molecular weight is 410 g/mol.